The van der Waals surface area contributed by atoms with Crippen molar-refractivity contribution >= 4 is 5.97 Å². The molecule has 1 N–H and O–H groups in total. The van der Waals surface area contributed by atoms with E-state index in [-0.39, 0.29) is 12.2 Å². The van der Waals surface area contributed by atoms with Gasteiger partial charge in [0.1, 0.15) is 5.82 Å². The summed E-state index contributed by atoms with van der Waals surface area (Å²) >= 11 is 0. The van der Waals surface area contributed by atoms with Gasteiger partial charge in [0.05, 0.1) is 12.2 Å². The lowest BCUT2D eigenvalue weighted by Crippen LogP contribution is -2.05. The summed E-state index contributed by atoms with van der Waals surface area (Å²) in [5.41, 5.74) is 0.474. The Morgan fingerprint density at radius 2 is 2.25 bits per heavy atom. The van der Waals surface area contributed by atoms with Crippen molar-refractivity contribution in [2.45, 2.75) is 26.4 Å². The molecular formula is C12H15FO3. The number of carbonyl (C=O) groups is 1. The average molecular weight is 226 g/mol. The third kappa shape index (κ3) is 3.62. The molecule has 0 aromatic heterocycles. The molecule has 0 bridgehead atoms. The summed E-state index contributed by atoms with van der Waals surface area (Å²) < 4.78 is 18.2. The van der Waals surface area contributed by atoms with Crippen molar-refractivity contribution in [1.82, 2.24) is 0 Å². The minimum absolute atomic E-state index is 0.0953. The molecule has 4 heteroatoms. The first-order valence-corrected chi connectivity index (χ1v) is 5.24. The second-order valence-corrected chi connectivity index (χ2v) is 3.51. The smallest absolute Gasteiger partial charge is 0.336 e. The monoisotopic (exact) mass is 226 g/mol. The summed E-state index contributed by atoms with van der Waals surface area (Å²) in [7, 11) is 0. The molecule has 0 heterocycles. The van der Waals surface area contributed by atoms with Crippen LogP contribution in [0.3, 0.4) is 0 Å². The average Bonchev–Trinajstić information content (AvgIpc) is 2.24. The summed E-state index contributed by atoms with van der Waals surface area (Å²) in [6.45, 7) is 2.74. The predicted octanol–water partition coefficient (Wildman–Crippen LogP) is 2.84. The third-order valence-corrected chi connectivity index (χ3v) is 2.20. The minimum atomic E-state index is -1.06. The van der Waals surface area contributed by atoms with Gasteiger partial charge in [-0.25, -0.2) is 9.18 Å². The van der Waals surface area contributed by atoms with E-state index in [9.17, 15) is 9.18 Å². The van der Waals surface area contributed by atoms with Crippen LogP contribution in [0.4, 0.5) is 4.39 Å². The number of hydrogen-bond acceptors (Lipinski definition) is 2. The zero-order valence-electron chi connectivity index (χ0n) is 9.20. The number of aromatic carboxylic acids is 1. The van der Waals surface area contributed by atoms with E-state index in [4.69, 9.17) is 9.84 Å². The zero-order valence-corrected chi connectivity index (χ0v) is 9.20. The van der Waals surface area contributed by atoms with Crippen LogP contribution in [0.25, 0.3) is 0 Å². The van der Waals surface area contributed by atoms with Gasteiger partial charge in [0.15, 0.2) is 0 Å². The minimum Gasteiger partial charge on any atom is -0.478 e. The van der Waals surface area contributed by atoms with Crippen LogP contribution in [0.15, 0.2) is 18.2 Å². The summed E-state index contributed by atoms with van der Waals surface area (Å²) in [6.07, 6.45) is 1.92. The van der Waals surface area contributed by atoms with Crippen molar-refractivity contribution in [3.8, 4) is 0 Å². The number of unbranched alkanes of at least 4 members (excludes halogenated alkanes) is 1. The Bertz CT molecular complexity index is 363. The van der Waals surface area contributed by atoms with Crippen molar-refractivity contribution in [3.63, 3.8) is 0 Å². The molecule has 0 unspecified atom stereocenters. The molecular weight excluding hydrogens is 211 g/mol. The topological polar surface area (TPSA) is 46.5 Å². The molecule has 0 aliphatic heterocycles. The van der Waals surface area contributed by atoms with E-state index < -0.39 is 11.8 Å². The standard InChI is InChI=1S/C12H15FO3/c1-2-3-6-16-8-9-7-10(13)4-5-11(9)12(14)15/h4-5,7H,2-3,6,8H2,1H3,(H,14,15). The van der Waals surface area contributed by atoms with Crippen LogP contribution in [0.1, 0.15) is 35.7 Å². The molecule has 3 nitrogen and oxygen atoms in total. The Morgan fingerprint density at radius 3 is 2.88 bits per heavy atom. The van der Waals surface area contributed by atoms with E-state index in [1.165, 1.54) is 12.1 Å². The maximum atomic E-state index is 12.9. The van der Waals surface area contributed by atoms with Crippen molar-refractivity contribution < 1.29 is 19.0 Å². The van der Waals surface area contributed by atoms with E-state index in [1.807, 2.05) is 6.92 Å². The molecule has 0 fully saturated rings. The Kier molecular flexibility index (Phi) is 4.92. The van der Waals surface area contributed by atoms with Gasteiger partial charge < -0.3 is 9.84 Å². The lowest BCUT2D eigenvalue weighted by Gasteiger charge is -2.07. The van der Waals surface area contributed by atoms with Crippen LogP contribution in [0, 0.1) is 5.82 Å². The molecule has 16 heavy (non-hydrogen) atoms. The van der Waals surface area contributed by atoms with Gasteiger partial charge in [-0.1, -0.05) is 13.3 Å². The molecule has 1 aromatic carbocycles. The SMILES string of the molecule is CCCCOCc1cc(F)ccc1C(=O)O. The molecule has 0 atom stereocenters. The van der Waals surface area contributed by atoms with Crippen LogP contribution in [-0.2, 0) is 11.3 Å². The number of halogens is 1. The quantitative estimate of drug-likeness (QED) is 0.759. The summed E-state index contributed by atoms with van der Waals surface area (Å²) in [5.74, 6) is -1.51. The van der Waals surface area contributed by atoms with Crippen LogP contribution < -0.4 is 0 Å². The Hall–Kier alpha value is -1.42. The largest absolute Gasteiger partial charge is 0.478 e. The van der Waals surface area contributed by atoms with Gasteiger partial charge >= 0.3 is 5.97 Å². The molecule has 0 spiro atoms. The predicted molar refractivity (Wildman–Crippen MR) is 57.9 cm³/mol. The number of ether oxygens (including phenoxy) is 1. The molecule has 0 radical (unpaired) electrons. The van der Waals surface area contributed by atoms with Gasteiger partial charge in [-0.05, 0) is 30.2 Å². The molecule has 88 valence electrons. The Morgan fingerprint density at radius 1 is 1.50 bits per heavy atom. The molecule has 0 saturated carbocycles. The van der Waals surface area contributed by atoms with E-state index >= 15 is 0 Å². The lowest BCUT2D eigenvalue weighted by atomic mass is 10.1. The van der Waals surface area contributed by atoms with Gasteiger partial charge in [0.25, 0.3) is 0 Å². The third-order valence-electron chi connectivity index (χ3n) is 2.20. The van der Waals surface area contributed by atoms with Crippen molar-refractivity contribution in [3.05, 3.63) is 35.1 Å². The van der Waals surface area contributed by atoms with Crippen LogP contribution in [-0.4, -0.2) is 17.7 Å². The van der Waals surface area contributed by atoms with Gasteiger partial charge in [-0.15, -0.1) is 0 Å². The number of carboxylic acid groups (broad SMARTS) is 1. The van der Waals surface area contributed by atoms with Gasteiger partial charge in [0.2, 0.25) is 0 Å². The summed E-state index contributed by atoms with van der Waals surface area (Å²) in [6, 6.07) is 3.60. The van der Waals surface area contributed by atoms with Gasteiger partial charge in [0, 0.05) is 6.61 Å². The molecule has 0 amide bonds. The summed E-state index contributed by atoms with van der Waals surface area (Å²) in [5, 5.41) is 8.88. The normalized spacial score (nSPS) is 10.4. The summed E-state index contributed by atoms with van der Waals surface area (Å²) in [4.78, 5) is 10.8. The highest BCUT2D eigenvalue weighted by molar-refractivity contribution is 5.89. The number of benzene rings is 1. The fourth-order valence-corrected chi connectivity index (χ4v) is 1.32. The van der Waals surface area contributed by atoms with Crippen molar-refractivity contribution in [2.24, 2.45) is 0 Å². The van der Waals surface area contributed by atoms with Gasteiger partial charge in [-0.3, -0.25) is 0 Å². The maximum absolute atomic E-state index is 12.9. The molecule has 1 rings (SSSR count). The van der Waals surface area contributed by atoms with Crippen LogP contribution in [0.2, 0.25) is 0 Å². The second kappa shape index (κ2) is 6.23. The Labute approximate surface area is 93.9 Å². The molecule has 1 aromatic rings. The first kappa shape index (κ1) is 12.6. The van der Waals surface area contributed by atoms with Crippen molar-refractivity contribution in [1.29, 1.82) is 0 Å². The highest BCUT2D eigenvalue weighted by atomic mass is 19.1. The maximum Gasteiger partial charge on any atom is 0.336 e. The first-order chi connectivity index (χ1) is 7.65. The number of carboxylic acids is 1. The molecule has 0 aliphatic carbocycles. The lowest BCUT2D eigenvalue weighted by molar-refractivity contribution is 0.0686. The van der Waals surface area contributed by atoms with E-state index in [2.05, 4.69) is 0 Å². The van der Waals surface area contributed by atoms with Crippen LogP contribution in [0.5, 0.6) is 0 Å². The number of hydrogen-bond donors (Lipinski definition) is 1. The Balaban J connectivity index is 2.68. The molecule has 0 saturated heterocycles. The van der Waals surface area contributed by atoms with E-state index in [1.54, 1.807) is 0 Å². The molecule has 0 aliphatic rings. The first-order valence-electron chi connectivity index (χ1n) is 5.24. The zero-order chi connectivity index (χ0) is 12.0. The van der Waals surface area contributed by atoms with Gasteiger partial charge in [-0.2, -0.15) is 0 Å². The fourth-order valence-electron chi connectivity index (χ4n) is 1.32. The fraction of sp³-hybridized carbons (Fsp3) is 0.417. The van der Waals surface area contributed by atoms with Crippen molar-refractivity contribution in [2.75, 3.05) is 6.61 Å². The number of rotatable bonds is 6. The van der Waals surface area contributed by atoms with E-state index in [0.29, 0.717) is 12.2 Å². The van der Waals surface area contributed by atoms with E-state index in [0.717, 1.165) is 18.9 Å². The van der Waals surface area contributed by atoms with Crippen LogP contribution >= 0.6 is 0 Å². The highest BCUT2D eigenvalue weighted by Crippen LogP contribution is 2.13. The second-order valence-electron chi connectivity index (χ2n) is 3.51. The highest BCUT2D eigenvalue weighted by Gasteiger charge is 2.10.